The number of aromatic nitrogens is 1. The van der Waals surface area contributed by atoms with Gasteiger partial charge in [0.05, 0.1) is 0 Å². The molecule has 142 valence electrons. The molecule has 0 aliphatic carbocycles. The van der Waals surface area contributed by atoms with Gasteiger partial charge < -0.3 is 20.0 Å². The average Bonchev–Trinajstić information content (AvgIpc) is 2.76. The molecule has 0 atom stereocenters. The van der Waals surface area contributed by atoms with Crippen molar-refractivity contribution < 1.29 is 4.79 Å². The lowest BCUT2D eigenvalue weighted by Gasteiger charge is -2.38. The monoisotopic (exact) mass is 365 g/mol. The van der Waals surface area contributed by atoms with Gasteiger partial charge >= 0.3 is 6.03 Å². The van der Waals surface area contributed by atoms with Crippen molar-refractivity contribution in [3.63, 3.8) is 0 Å². The van der Waals surface area contributed by atoms with E-state index < -0.39 is 0 Å². The van der Waals surface area contributed by atoms with Crippen LogP contribution in [-0.4, -0.2) is 61.2 Å². The minimum atomic E-state index is 0.0824. The van der Waals surface area contributed by atoms with Gasteiger partial charge in [0.25, 0.3) is 0 Å². The predicted octanol–water partition coefficient (Wildman–Crippen LogP) is 2.58. The van der Waals surface area contributed by atoms with Crippen LogP contribution in [0.25, 0.3) is 0 Å². The molecular formula is C21H27N5O. The van der Waals surface area contributed by atoms with Gasteiger partial charge in [-0.05, 0) is 37.1 Å². The molecule has 1 aromatic heterocycles. The molecule has 2 amide bonds. The Hall–Kier alpha value is -2.76. The van der Waals surface area contributed by atoms with E-state index in [0.29, 0.717) is 0 Å². The molecule has 0 unspecified atom stereocenters. The van der Waals surface area contributed by atoms with Crippen molar-refractivity contribution in [1.82, 2.24) is 15.2 Å². The standard InChI is InChI=1S/C21H27N5O/c27-21(26-16-14-24(15-17-26)19-6-2-1-3-7-19)23-18-9-12-25(13-10-18)20-8-4-5-11-22-20/h1-8,11,18H,9-10,12-17H2,(H,23,27). The number of para-hydroxylation sites is 1. The van der Waals surface area contributed by atoms with E-state index in [1.807, 2.05) is 35.4 Å². The average molecular weight is 365 g/mol. The number of urea groups is 1. The Morgan fingerprint density at radius 3 is 2.22 bits per heavy atom. The van der Waals surface area contributed by atoms with Crippen LogP contribution in [0.15, 0.2) is 54.7 Å². The fourth-order valence-electron chi connectivity index (χ4n) is 3.87. The van der Waals surface area contributed by atoms with E-state index in [0.717, 1.165) is 57.9 Å². The van der Waals surface area contributed by atoms with Crippen molar-refractivity contribution >= 4 is 17.5 Å². The number of benzene rings is 1. The lowest BCUT2D eigenvalue weighted by molar-refractivity contribution is 0.188. The van der Waals surface area contributed by atoms with Gasteiger partial charge in [0.2, 0.25) is 0 Å². The molecule has 2 fully saturated rings. The van der Waals surface area contributed by atoms with E-state index in [2.05, 4.69) is 44.4 Å². The zero-order valence-electron chi connectivity index (χ0n) is 15.6. The number of carbonyl (C=O) groups excluding carboxylic acids is 1. The summed E-state index contributed by atoms with van der Waals surface area (Å²) in [6.45, 7) is 5.18. The summed E-state index contributed by atoms with van der Waals surface area (Å²) in [5, 5.41) is 3.24. The normalized spacial score (nSPS) is 18.4. The highest BCUT2D eigenvalue weighted by atomic mass is 16.2. The first-order valence-corrected chi connectivity index (χ1v) is 9.81. The molecule has 2 aliphatic rings. The van der Waals surface area contributed by atoms with E-state index in [4.69, 9.17) is 0 Å². The molecule has 1 aromatic carbocycles. The van der Waals surface area contributed by atoms with Gasteiger partial charge in [-0.2, -0.15) is 0 Å². The summed E-state index contributed by atoms with van der Waals surface area (Å²) >= 11 is 0. The minimum absolute atomic E-state index is 0.0824. The maximum Gasteiger partial charge on any atom is 0.317 e. The fraction of sp³-hybridized carbons (Fsp3) is 0.429. The Kier molecular flexibility index (Phi) is 5.42. The number of amides is 2. The highest BCUT2D eigenvalue weighted by Crippen LogP contribution is 2.18. The van der Waals surface area contributed by atoms with Crippen LogP contribution in [0.3, 0.4) is 0 Å². The van der Waals surface area contributed by atoms with Crippen molar-refractivity contribution in [2.24, 2.45) is 0 Å². The molecule has 4 rings (SSSR count). The van der Waals surface area contributed by atoms with Gasteiger partial charge in [-0.25, -0.2) is 9.78 Å². The summed E-state index contributed by atoms with van der Waals surface area (Å²) < 4.78 is 0. The number of rotatable bonds is 3. The first-order valence-electron chi connectivity index (χ1n) is 9.81. The van der Waals surface area contributed by atoms with Crippen LogP contribution in [0.2, 0.25) is 0 Å². The van der Waals surface area contributed by atoms with Gasteiger partial charge in [-0.1, -0.05) is 24.3 Å². The molecule has 2 aliphatic heterocycles. The van der Waals surface area contributed by atoms with Gasteiger partial charge in [0.15, 0.2) is 0 Å². The van der Waals surface area contributed by atoms with Gasteiger partial charge in [0.1, 0.15) is 5.82 Å². The van der Waals surface area contributed by atoms with Crippen LogP contribution in [0.5, 0.6) is 0 Å². The van der Waals surface area contributed by atoms with Gasteiger partial charge in [-0.15, -0.1) is 0 Å². The predicted molar refractivity (Wildman–Crippen MR) is 108 cm³/mol. The van der Waals surface area contributed by atoms with Gasteiger partial charge in [-0.3, -0.25) is 0 Å². The zero-order chi connectivity index (χ0) is 18.5. The van der Waals surface area contributed by atoms with Crippen molar-refractivity contribution in [3.05, 3.63) is 54.7 Å². The van der Waals surface area contributed by atoms with E-state index in [-0.39, 0.29) is 12.1 Å². The third-order valence-electron chi connectivity index (χ3n) is 5.48. The molecule has 0 bridgehead atoms. The van der Waals surface area contributed by atoms with E-state index in [1.165, 1.54) is 5.69 Å². The number of pyridine rings is 1. The molecule has 0 spiro atoms. The van der Waals surface area contributed by atoms with Crippen LogP contribution in [0.4, 0.5) is 16.3 Å². The summed E-state index contributed by atoms with van der Waals surface area (Å²) in [5.41, 5.74) is 1.24. The Bertz CT molecular complexity index is 723. The van der Waals surface area contributed by atoms with Crippen LogP contribution in [0, 0.1) is 0 Å². The SMILES string of the molecule is O=C(NC1CCN(c2ccccn2)CC1)N1CCN(c2ccccc2)CC1. The Morgan fingerprint density at radius 1 is 0.852 bits per heavy atom. The molecule has 0 radical (unpaired) electrons. The van der Waals surface area contributed by atoms with Crippen LogP contribution in [0.1, 0.15) is 12.8 Å². The number of anilines is 2. The number of nitrogens with one attached hydrogen (secondary N) is 1. The number of hydrogen-bond donors (Lipinski definition) is 1. The van der Waals surface area contributed by atoms with Crippen molar-refractivity contribution in [2.45, 2.75) is 18.9 Å². The Balaban J connectivity index is 1.22. The fourth-order valence-corrected chi connectivity index (χ4v) is 3.87. The van der Waals surface area contributed by atoms with Gasteiger partial charge in [0, 0.05) is 57.2 Å². The van der Waals surface area contributed by atoms with E-state index >= 15 is 0 Å². The van der Waals surface area contributed by atoms with Crippen molar-refractivity contribution in [2.75, 3.05) is 49.1 Å². The number of carbonyl (C=O) groups is 1. The topological polar surface area (TPSA) is 51.7 Å². The Labute approximate surface area is 160 Å². The van der Waals surface area contributed by atoms with E-state index in [1.54, 1.807) is 0 Å². The van der Waals surface area contributed by atoms with Crippen LogP contribution < -0.4 is 15.1 Å². The number of piperidine rings is 1. The largest absolute Gasteiger partial charge is 0.368 e. The summed E-state index contributed by atoms with van der Waals surface area (Å²) in [5.74, 6) is 1.03. The van der Waals surface area contributed by atoms with Crippen molar-refractivity contribution in [3.8, 4) is 0 Å². The first-order chi connectivity index (χ1) is 13.3. The third-order valence-corrected chi connectivity index (χ3v) is 5.48. The molecular weight excluding hydrogens is 338 g/mol. The number of piperazine rings is 1. The van der Waals surface area contributed by atoms with E-state index in [9.17, 15) is 4.79 Å². The van der Waals surface area contributed by atoms with Crippen molar-refractivity contribution in [1.29, 1.82) is 0 Å². The molecule has 1 N–H and O–H groups in total. The third kappa shape index (κ3) is 4.32. The molecule has 6 nitrogen and oxygen atoms in total. The second-order valence-electron chi connectivity index (χ2n) is 7.21. The zero-order valence-corrected chi connectivity index (χ0v) is 15.6. The molecule has 6 heteroatoms. The first kappa shape index (κ1) is 17.6. The minimum Gasteiger partial charge on any atom is -0.368 e. The number of nitrogens with zero attached hydrogens (tertiary/aromatic N) is 4. The molecule has 27 heavy (non-hydrogen) atoms. The summed E-state index contributed by atoms with van der Waals surface area (Å²) in [4.78, 5) is 23.6. The lowest BCUT2D eigenvalue weighted by atomic mass is 10.1. The molecule has 0 saturated carbocycles. The second kappa shape index (κ2) is 8.29. The maximum atomic E-state index is 12.6. The maximum absolute atomic E-state index is 12.6. The quantitative estimate of drug-likeness (QED) is 0.908. The highest BCUT2D eigenvalue weighted by Gasteiger charge is 2.25. The Morgan fingerprint density at radius 2 is 1.56 bits per heavy atom. The summed E-state index contributed by atoms with van der Waals surface area (Å²) in [6, 6.07) is 16.8. The molecule has 3 heterocycles. The molecule has 2 aromatic rings. The lowest BCUT2D eigenvalue weighted by Crippen LogP contribution is -2.55. The smallest absolute Gasteiger partial charge is 0.317 e. The summed E-state index contributed by atoms with van der Waals surface area (Å²) in [7, 11) is 0. The number of hydrogen-bond acceptors (Lipinski definition) is 4. The highest BCUT2D eigenvalue weighted by molar-refractivity contribution is 5.75. The second-order valence-corrected chi connectivity index (χ2v) is 7.21. The summed E-state index contributed by atoms with van der Waals surface area (Å²) in [6.07, 6.45) is 3.76. The van der Waals surface area contributed by atoms with Crippen LogP contribution >= 0.6 is 0 Å². The van der Waals surface area contributed by atoms with Crippen LogP contribution in [-0.2, 0) is 0 Å². The molecule has 2 saturated heterocycles.